The molecule has 0 aliphatic carbocycles. The van der Waals surface area contributed by atoms with Crippen LogP contribution in [-0.2, 0) is 12.2 Å². The number of benzene rings is 1. The fourth-order valence-electron chi connectivity index (χ4n) is 3.53. The van der Waals surface area contributed by atoms with Crippen molar-refractivity contribution in [3.63, 3.8) is 0 Å². The molecule has 0 unspecified atom stereocenters. The molecule has 0 bridgehead atoms. The van der Waals surface area contributed by atoms with Gasteiger partial charge in [-0.25, -0.2) is 9.97 Å². The molecule has 0 saturated carbocycles. The molecule has 8 nitrogen and oxygen atoms in total. The van der Waals surface area contributed by atoms with Crippen molar-refractivity contribution in [3.05, 3.63) is 93.4 Å². The number of aryl methyl sites for hydroxylation is 1. The summed E-state index contributed by atoms with van der Waals surface area (Å²) in [6, 6.07) is 14.3. The van der Waals surface area contributed by atoms with Crippen molar-refractivity contribution in [3.8, 4) is 28.6 Å². The molecule has 0 amide bonds. The lowest BCUT2D eigenvalue weighted by Gasteiger charge is -2.16. The standard InChI is InChI=1S/C26H25ClN4O4/c1-16-12-22(35-15-17-6-5-7-19(13-17)34-4)23(27)24(32)31(16)18-8-10-28-21(14-18)20-9-11-29-25(30-20)26(2,3)33/h5-14,33H,15H2,1-4H3. The van der Waals surface area contributed by atoms with Gasteiger partial charge >= 0.3 is 0 Å². The highest BCUT2D eigenvalue weighted by atomic mass is 35.5. The lowest BCUT2D eigenvalue weighted by Crippen LogP contribution is -2.22. The van der Waals surface area contributed by atoms with Gasteiger partial charge in [-0.05, 0) is 56.7 Å². The highest BCUT2D eigenvalue weighted by Gasteiger charge is 2.21. The second kappa shape index (κ2) is 9.85. The molecular weight excluding hydrogens is 468 g/mol. The van der Waals surface area contributed by atoms with Crippen molar-refractivity contribution in [1.82, 2.24) is 19.5 Å². The van der Waals surface area contributed by atoms with Crippen LogP contribution in [0, 0.1) is 6.92 Å². The molecule has 35 heavy (non-hydrogen) atoms. The molecule has 0 atom stereocenters. The van der Waals surface area contributed by atoms with E-state index in [1.165, 1.54) is 4.57 Å². The summed E-state index contributed by atoms with van der Waals surface area (Å²) in [5.41, 5.74) is 1.53. The quantitative estimate of drug-likeness (QED) is 0.406. The molecule has 0 radical (unpaired) electrons. The Balaban J connectivity index is 1.66. The van der Waals surface area contributed by atoms with Crippen molar-refractivity contribution in [2.75, 3.05) is 7.11 Å². The number of hydrogen-bond donors (Lipinski definition) is 1. The smallest absolute Gasteiger partial charge is 0.277 e. The van der Waals surface area contributed by atoms with Crippen molar-refractivity contribution in [1.29, 1.82) is 0 Å². The van der Waals surface area contributed by atoms with E-state index >= 15 is 0 Å². The van der Waals surface area contributed by atoms with Crippen LogP contribution >= 0.6 is 11.6 Å². The normalized spacial score (nSPS) is 11.4. The first kappa shape index (κ1) is 24.4. The molecule has 0 spiro atoms. The Morgan fingerprint density at radius 1 is 1.06 bits per heavy atom. The van der Waals surface area contributed by atoms with Crippen LogP contribution in [0.15, 0.2) is 65.7 Å². The molecule has 0 fully saturated rings. The van der Waals surface area contributed by atoms with Crippen LogP contribution in [0.2, 0.25) is 5.02 Å². The Morgan fingerprint density at radius 2 is 1.83 bits per heavy atom. The van der Waals surface area contributed by atoms with Gasteiger partial charge in [-0.1, -0.05) is 23.7 Å². The monoisotopic (exact) mass is 492 g/mol. The van der Waals surface area contributed by atoms with Gasteiger partial charge in [-0.3, -0.25) is 14.3 Å². The largest absolute Gasteiger partial charge is 0.497 e. The molecule has 3 aromatic heterocycles. The van der Waals surface area contributed by atoms with Gasteiger partial charge in [0.05, 0.1) is 24.2 Å². The summed E-state index contributed by atoms with van der Waals surface area (Å²) in [6.45, 7) is 5.25. The van der Waals surface area contributed by atoms with E-state index in [9.17, 15) is 9.90 Å². The zero-order valence-corrected chi connectivity index (χ0v) is 20.6. The molecular formula is C26H25ClN4O4. The van der Waals surface area contributed by atoms with E-state index in [1.807, 2.05) is 24.3 Å². The van der Waals surface area contributed by atoms with Crippen molar-refractivity contribution in [2.24, 2.45) is 0 Å². The minimum absolute atomic E-state index is 0.0248. The highest BCUT2D eigenvalue weighted by molar-refractivity contribution is 6.31. The van der Waals surface area contributed by atoms with Crippen LogP contribution < -0.4 is 15.0 Å². The van der Waals surface area contributed by atoms with Crippen molar-refractivity contribution >= 4 is 11.6 Å². The molecule has 0 aliphatic rings. The maximum atomic E-state index is 13.2. The second-order valence-electron chi connectivity index (χ2n) is 8.47. The maximum Gasteiger partial charge on any atom is 0.277 e. The number of aliphatic hydroxyl groups is 1. The Bertz CT molecular complexity index is 1430. The van der Waals surface area contributed by atoms with E-state index in [-0.39, 0.29) is 17.5 Å². The number of aromatic nitrogens is 4. The van der Waals surface area contributed by atoms with E-state index in [4.69, 9.17) is 21.1 Å². The van der Waals surface area contributed by atoms with Crippen LogP contribution in [0.3, 0.4) is 0 Å². The first-order valence-electron chi connectivity index (χ1n) is 10.9. The summed E-state index contributed by atoms with van der Waals surface area (Å²) in [4.78, 5) is 26.1. The van der Waals surface area contributed by atoms with E-state index < -0.39 is 11.2 Å². The number of halogens is 1. The van der Waals surface area contributed by atoms with E-state index in [0.29, 0.717) is 28.5 Å². The number of methoxy groups -OCH3 is 1. The number of rotatable bonds is 7. The third-order valence-corrected chi connectivity index (χ3v) is 5.64. The van der Waals surface area contributed by atoms with Gasteiger partial charge in [0.2, 0.25) is 0 Å². The molecule has 1 N–H and O–H groups in total. The van der Waals surface area contributed by atoms with Gasteiger partial charge in [0.1, 0.15) is 28.7 Å². The number of nitrogens with zero attached hydrogens (tertiary/aromatic N) is 4. The van der Waals surface area contributed by atoms with E-state index in [0.717, 1.165) is 11.3 Å². The Kier molecular flexibility index (Phi) is 6.86. The number of hydrogen-bond acceptors (Lipinski definition) is 7. The molecule has 0 saturated heterocycles. The molecule has 4 aromatic rings. The minimum atomic E-state index is -1.20. The van der Waals surface area contributed by atoms with Gasteiger partial charge < -0.3 is 14.6 Å². The van der Waals surface area contributed by atoms with Crippen molar-refractivity contribution in [2.45, 2.75) is 33.0 Å². The second-order valence-corrected chi connectivity index (χ2v) is 8.85. The van der Waals surface area contributed by atoms with Crippen LogP contribution in [0.1, 0.15) is 30.9 Å². The lowest BCUT2D eigenvalue weighted by molar-refractivity contribution is 0.0688. The Hall–Kier alpha value is -3.75. The topological polar surface area (TPSA) is 99.4 Å². The zero-order valence-electron chi connectivity index (χ0n) is 19.8. The van der Waals surface area contributed by atoms with Gasteiger partial charge in [-0.2, -0.15) is 0 Å². The fourth-order valence-corrected chi connectivity index (χ4v) is 3.72. The molecule has 9 heteroatoms. The predicted octanol–water partition coefficient (Wildman–Crippen LogP) is 4.47. The molecule has 4 rings (SSSR count). The molecule has 180 valence electrons. The SMILES string of the molecule is COc1cccc(COc2cc(C)n(-c3ccnc(-c4ccnc(C(C)(C)O)n4)c3)c(=O)c2Cl)c1. The van der Waals surface area contributed by atoms with Crippen molar-refractivity contribution < 1.29 is 14.6 Å². The minimum Gasteiger partial charge on any atom is -0.497 e. The summed E-state index contributed by atoms with van der Waals surface area (Å²) in [5, 5.41) is 10.2. The van der Waals surface area contributed by atoms with Gasteiger partial charge in [0, 0.05) is 24.2 Å². The first-order chi connectivity index (χ1) is 16.7. The van der Waals surface area contributed by atoms with Crippen LogP contribution in [-0.4, -0.2) is 31.7 Å². The highest BCUT2D eigenvalue weighted by Crippen LogP contribution is 2.26. The molecule has 1 aromatic carbocycles. The zero-order chi connectivity index (χ0) is 25.2. The van der Waals surface area contributed by atoms with Gasteiger partial charge in [0.15, 0.2) is 5.82 Å². The van der Waals surface area contributed by atoms with Crippen LogP contribution in [0.4, 0.5) is 0 Å². The fraction of sp³-hybridized carbons (Fsp3) is 0.231. The summed E-state index contributed by atoms with van der Waals surface area (Å²) in [7, 11) is 1.60. The van der Waals surface area contributed by atoms with E-state index in [1.54, 1.807) is 64.5 Å². The number of ether oxygens (including phenoxy) is 2. The van der Waals surface area contributed by atoms with Crippen LogP contribution in [0.25, 0.3) is 17.1 Å². The third kappa shape index (κ3) is 5.34. The van der Waals surface area contributed by atoms with Gasteiger partial charge in [0.25, 0.3) is 5.56 Å². The molecule has 0 aliphatic heterocycles. The van der Waals surface area contributed by atoms with Gasteiger partial charge in [-0.15, -0.1) is 0 Å². The molecule has 3 heterocycles. The summed E-state index contributed by atoms with van der Waals surface area (Å²) in [6.07, 6.45) is 3.15. The summed E-state index contributed by atoms with van der Waals surface area (Å²) < 4.78 is 12.6. The number of pyridine rings is 2. The van der Waals surface area contributed by atoms with Crippen LogP contribution in [0.5, 0.6) is 11.5 Å². The maximum absolute atomic E-state index is 13.2. The Morgan fingerprint density at radius 3 is 2.57 bits per heavy atom. The lowest BCUT2D eigenvalue weighted by atomic mass is 10.1. The Labute approximate surface area is 207 Å². The predicted molar refractivity (Wildman–Crippen MR) is 133 cm³/mol. The summed E-state index contributed by atoms with van der Waals surface area (Å²) in [5.74, 6) is 1.29. The third-order valence-electron chi connectivity index (χ3n) is 5.30. The average molecular weight is 493 g/mol. The average Bonchev–Trinajstić information content (AvgIpc) is 2.85. The summed E-state index contributed by atoms with van der Waals surface area (Å²) >= 11 is 6.43. The van der Waals surface area contributed by atoms with E-state index in [2.05, 4.69) is 15.0 Å². The first-order valence-corrected chi connectivity index (χ1v) is 11.3.